The van der Waals surface area contributed by atoms with E-state index in [0.717, 1.165) is 109 Å². The first kappa shape index (κ1) is 64.2. The summed E-state index contributed by atoms with van der Waals surface area (Å²) in [6.45, 7) is 4.57. The van der Waals surface area contributed by atoms with Gasteiger partial charge in [0.2, 0.25) is 0 Å². The van der Waals surface area contributed by atoms with Crippen LogP contribution < -0.4 is 5.11 Å². The Morgan fingerprint density at radius 2 is 0.838 bits per heavy atom. The Hall–Kier alpha value is -3.79. The van der Waals surface area contributed by atoms with Crippen LogP contribution >= 0.6 is 0 Å². The van der Waals surface area contributed by atoms with Crippen LogP contribution in [0, 0.1) is 0 Å². The number of nitrogens with zero attached hydrogens (tertiary/aromatic N) is 1. The van der Waals surface area contributed by atoms with Crippen molar-refractivity contribution < 1.29 is 42.9 Å². The van der Waals surface area contributed by atoms with Gasteiger partial charge in [-0.15, -0.1) is 0 Å². The first-order valence-electron chi connectivity index (χ1n) is 26.9. The quantitative estimate of drug-likeness (QED) is 0.0195. The number of unbranched alkanes of at least 4 members (excludes halogenated alkanes) is 17. The molecule has 0 amide bonds. The fourth-order valence-corrected chi connectivity index (χ4v) is 6.92. The molecule has 0 heterocycles. The van der Waals surface area contributed by atoms with Crippen molar-refractivity contribution in [3.05, 3.63) is 97.2 Å². The lowest BCUT2D eigenvalue weighted by Gasteiger charge is -2.26. The van der Waals surface area contributed by atoms with Crippen LogP contribution in [0.15, 0.2) is 97.2 Å². The highest BCUT2D eigenvalue weighted by Crippen LogP contribution is 2.14. The molecule has 0 saturated carbocycles. The Morgan fingerprint density at radius 3 is 1.25 bits per heavy atom. The summed E-state index contributed by atoms with van der Waals surface area (Å²) in [6.07, 6.45) is 63.0. The second-order valence-corrected chi connectivity index (χ2v) is 18.8. The molecule has 388 valence electrons. The number of esters is 2. The van der Waals surface area contributed by atoms with Crippen LogP contribution in [0.1, 0.15) is 200 Å². The molecular weight excluding hydrogens is 851 g/mol. The van der Waals surface area contributed by atoms with Gasteiger partial charge in [-0.05, 0) is 96.3 Å². The van der Waals surface area contributed by atoms with E-state index in [9.17, 15) is 19.5 Å². The molecule has 2 unspecified atom stereocenters. The fraction of sp³-hybridized carbons (Fsp3) is 0.678. The van der Waals surface area contributed by atoms with Gasteiger partial charge in [0.05, 0.1) is 40.3 Å². The number of ether oxygens (including phenoxy) is 4. The SMILES string of the molecule is CC/C=C\C/C=C\C/C=C\C/C=C\C/C=C\C/C=C\CCCCCCCCCCC(=O)OC(COC(=O)CCCCCCC/C=C\C/C=C\CCCCCC)COC(OCC[N+](C)(C)C)C(=O)[O-]. The summed E-state index contributed by atoms with van der Waals surface area (Å²) >= 11 is 0. The largest absolute Gasteiger partial charge is 0.545 e. The van der Waals surface area contributed by atoms with Crippen molar-refractivity contribution in [3.8, 4) is 0 Å². The van der Waals surface area contributed by atoms with Crippen LogP contribution in [0.3, 0.4) is 0 Å². The molecule has 0 bridgehead atoms. The van der Waals surface area contributed by atoms with Gasteiger partial charge < -0.3 is 33.3 Å². The zero-order chi connectivity index (χ0) is 49.9. The van der Waals surface area contributed by atoms with E-state index in [4.69, 9.17) is 18.9 Å². The molecule has 9 heteroatoms. The first-order chi connectivity index (χ1) is 33.1. The van der Waals surface area contributed by atoms with Gasteiger partial charge in [0.15, 0.2) is 12.4 Å². The van der Waals surface area contributed by atoms with E-state index in [1.54, 1.807) is 0 Å². The molecule has 0 aromatic heterocycles. The minimum absolute atomic E-state index is 0.138. The number of likely N-dealkylation sites (N-methyl/N-ethyl adjacent to an activating group) is 1. The number of carboxylic acids is 1. The lowest BCUT2D eigenvalue weighted by molar-refractivity contribution is -0.870. The minimum Gasteiger partial charge on any atom is -0.545 e. The second-order valence-electron chi connectivity index (χ2n) is 18.8. The Balaban J connectivity index is 4.34. The number of hydrogen-bond acceptors (Lipinski definition) is 8. The third-order valence-corrected chi connectivity index (χ3v) is 11.1. The molecule has 0 aliphatic rings. The molecule has 0 aliphatic carbocycles. The third-order valence-electron chi connectivity index (χ3n) is 11.1. The van der Waals surface area contributed by atoms with E-state index in [1.807, 2.05) is 21.1 Å². The molecule has 0 spiro atoms. The van der Waals surface area contributed by atoms with E-state index < -0.39 is 24.3 Å². The van der Waals surface area contributed by atoms with Crippen molar-refractivity contribution in [2.24, 2.45) is 0 Å². The molecule has 2 atom stereocenters. The number of carbonyl (C=O) groups excluding carboxylic acids is 3. The van der Waals surface area contributed by atoms with Gasteiger partial charge in [-0.1, -0.05) is 188 Å². The number of hydrogen-bond donors (Lipinski definition) is 0. The molecule has 9 nitrogen and oxygen atoms in total. The van der Waals surface area contributed by atoms with E-state index >= 15 is 0 Å². The van der Waals surface area contributed by atoms with Crippen molar-refractivity contribution >= 4 is 17.9 Å². The second kappa shape index (κ2) is 49.6. The zero-order valence-electron chi connectivity index (χ0n) is 43.9. The smallest absolute Gasteiger partial charge is 0.306 e. The van der Waals surface area contributed by atoms with Gasteiger partial charge in [0.1, 0.15) is 13.2 Å². The van der Waals surface area contributed by atoms with Crippen molar-refractivity contribution in [2.45, 2.75) is 212 Å². The van der Waals surface area contributed by atoms with E-state index in [2.05, 4.69) is 111 Å². The Morgan fingerprint density at radius 1 is 0.456 bits per heavy atom. The number of carboxylic acid groups (broad SMARTS) is 1. The maximum absolute atomic E-state index is 12.8. The highest BCUT2D eigenvalue weighted by molar-refractivity contribution is 5.70. The van der Waals surface area contributed by atoms with Crippen molar-refractivity contribution in [2.75, 3.05) is 47.5 Å². The summed E-state index contributed by atoms with van der Waals surface area (Å²) in [5.41, 5.74) is 0. The molecule has 0 fully saturated rings. The third kappa shape index (κ3) is 50.1. The Kier molecular flexibility index (Phi) is 46.9. The van der Waals surface area contributed by atoms with Gasteiger partial charge >= 0.3 is 11.9 Å². The number of quaternary nitrogens is 1. The highest BCUT2D eigenvalue weighted by atomic mass is 16.7. The summed E-state index contributed by atoms with van der Waals surface area (Å²) < 4.78 is 22.6. The molecule has 0 saturated heterocycles. The Bertz CT molecular complexity index is 1430. The lowest BCUT2D eigenvalue weighted by atomic mass is 10.1. The van der Waals surface area contributed by atoms with Crippen molar-refractivity contribution in [1.29, 1.82) is 0 Å². The van der Waals surface area contributed by atoms with Gasteiger partial charge in [-0.2, -0.15) is 0 Å². The van der Waals surface area contributed by atoms with Crippen LogP contribution in [0.2, 0.25) is 0 Å². The average Bonchev–Trinajstić information content (AvgIpc) is 3.30. The summed E-state index contributed by atoms with van der Waals surface area (Å²) in [5.74, 6) is -2.32. The zero-order valence-corrected chi connectivity index (χ0v) is 43.9. The fourth-order valence-electron chi connectivity index (χ4n) is 6.92. The highest BCUT2D eigenvalue weighted by Gasteiger charge is 2.22. The predicted molar refractivity (Wildman–Crippen MR) is 283 cm³/mol. The summed E-state index contributed by atoms with van der Waals surface area (Å²) in [6, 6.07) is 0. The average molecular weight is 950 g/mol. The summed E-state index contributed by atoms with van der Waals surface area (Å²) in [4.78, 5) is 37.2. The molecule has 0 N–H and O–H groups in total. The monoisotopic (exact) mass is 950 g/mol. The number of aliphatic carboxylic acids is 1. The van der Waals surface area contributed by atoms with E-state index in [1.165, 1.54) is 57.8 Å². The number of rotatable bonds is 48. The maximum atomic E-state index is 12.8. The van der Waals surface area contributed by atoms with Gasteiger partial charge in [-0.25, -0.2) is 0 Å². The first-order valence-corrected chi connectivity index (χ1v) is 26.9. The standard InChI is InChI=1S/C59H99NO8/c1-6-8-10-12-14-16-18-20-22-24-25-26-27-28-29-30-31-32-33-34-36-38-40-42-44-46-48-50-57(62)68-55(54-67-59(58(63)64)65-52-51-60(3,4)5)53-66-56(61)49-47-45-43-41-39-37-35-23-21-19-17-15-13-11-9-7-2/h8,10,14,16-17,19-20,22-23,25-26,28-29,31-32,35,55,59H,6-7,9,11-13,15,18,21,24,27,30,33-34,36-54H2,1-5H3/b10-8-,16-14-,19-17-,22-20-,26-25-,29-28-,32-31-,35-23-. The Labute approximate surface area is 416 Å². The van der Waals surface area contributed by atoms with E-state index in [-0.39, 0.29) is 38.6 Å². The topological polar surface area (TPSA) is 111 Å². The van der Waals surface area contributed by atoms with E-state index in [0.29, 0.717) is 17.4 Å². The molecule has 0 radical (unpaired) electrons. The lowest BCUT2D eigenvalue weighted by Crippen LogP contribution is -2.44. The maximum Gasteiger partial charge on any atom is 0.306 e. The van der Waals surface area contributed by atoms with Gasteiger partial charge in [-0.3, -0.25) is 9.59 Å². The van der Waals surface area contributed by atoms with Crippen molar-refractivity contribution in [1.82, 2.24) is 0 Å². The normalized spacial score (nSPS) is 13.6. The minimum atomic E-state index is -1.63. The molecule has 0 aromatic rings. The van der Waals surface area contributed by atoms with Gasteiger partial charge in [0, 0.05) is 12.8 Å². The van der Waals surface area contributed by atoms with Crippen LogP contribution in [0.4, 0.5) is 0 Å². The molecule has 0 rings (SSSR count). The van der Waals surface area contributed by atoms with Crippen LogP contribution in [0.5, 0.6) is 0 Å². The predicted octanol–water partition coefficient (Wildman–Crippen LogP) is 14.1. The van der Waals surface area contributed by atoms with Crippen LogP contribution in [-0.2, 0) is 33.3 Å². The number of carbonyl (C=O) groups is 3. The molecule has 68 heavy (non-hydrogen) atoms. The molecule has 0 aliphatic heterocycles. The summed E-state index contributed by atoms with van der Waals surface area (Å²) in [7, 11) is 5.90. The summed E-state index contributed by atoms with van der Waals surface area (Å²) in [5, 5.41) is 11.7. The number of allylic oxidation sites excluding steroid dienone is 16. The van der Waals surface area contributed by atoms with Crippen LogP contribution in [0.25, 0.3) is 0 Å². The van der Waals surface area contributed by atoms with Crippen molar-refractivity contribution in [3.63, 3.8) is 0 Å². The molecule has 0 aromatic carbocycles. The molecular formula is C59H99NO8. The van der Waals surface area contributed by atoms with Crippen LogP contribution in [-0.4, -0.2) is 82.3 Å². The van der Waals surface area contributed by atoms with Gasteiger partial charge in [0.25, 0.3) is 0 Å².